The molecular formula is C19H16N3O4S-. The molecule has 1 aliphatic heterocycles. The van der Waals surface area contributed by atoms with E-state index in [0.29, 0.717) is 16.5 Å². The number of hydrogen-bond acceptors (Lipinski definition) is 6. The van der Waals surface area contributed by atoms with E-state index >= 15 is 0 Å². The molecule has 0 saturated carbocycles. The second-order valence-electron chi connectivity index (χ2n) is 5.97. The molecule has 2 N–H and O–H groups in total. The highest BCUT2D eigenvalue weighted by atomic mass is 32.2. The van der Waals surface area contributed by atoms with Crippen molar-refractivity contribution < 1.29 is 19.5 Å². The number of aryl methyl sites for hydroxylation is 1. The minimum Gasteiger partial charge on any atom is -0.545 e. The van der Waals surface area contributed by atoms with Crippen LogP contribution in [0.2, 0.25) is 0 Å². The number of anilines is 1. The maximum Gasteiger partial charge on any atom is 0.240 e. The molecule has 1 aliphatic rings. The molecule has 0 radical (unpaired) electrons. The molecule has 7 nitrogen and oxygen atoms in total. The summed E-state index contributed by atoms with van der Waals surface area (Å²) in [6.45, 7) is 1.96. The molecule has 0 bridgehead atoms. The van der Waals surface area contributed by atoms with Gasteiger partial charge >= 0.3 is 0 Å². The number of amidine groups is 1. The number of carbonyl (C=O) groups excluding carboxylic acids is 3. The summed E-state index contributed by atoms with van der Waals surface area (Å²) in [5.41, 5.74) is 2.31. The van der Waals surface area contributed by atoms with Gasteiger partial charge in [-0.25, -0.2) is 4.99 Å². The summed E-state index contributed by atoms with van der Waals surface area (Å²) >= 11 is 1.17. The minimum atomic E-state index is -1.27. The summed E-state index contributed by atoms with van der Waals surface area (Å²) in [6.07, 6.45) is 0.0209. The molecule has 1 saturated heterocycles. The quantitative estimate of drug-likeness (QED) is 0.816. The van der Waals surface area contributed by atoms with Crippen LogP contribution in [0.15, 0.2) is 53.5 Å². The first-order valence-corrected chi connectivity index (χ1v) is 9.03. The number of carbonyl (C=O) groups is 3. The van der Waals surface area contributed by atoms with Crippen molar-refractivity contribution in [1.29, 1.82) is 0 Å². The van der Waals surface area contributed by atoms with Gasteiger partial charge in [-0.1, -0.05) is 41.6 Å². The van der Waals surface area contributed by atoms with Crippen molar-refractivity contribution in [1.82, 2.24) is 5.32 Å². The molecule has 0 unspecified atom stereocenters. The topological polar surface area (TPSA) is 111 Å². The van der Waals surface area contributed by atoms with E-state index in [0.717, 1.165) is 5.56 Å². The minimum absolute atomic E-state index is 0.0209. The predicted molar refractivity (Wildman–Crippen MR) is 102 cm³/mol. The second-order valence-corrected chi connectivity index (χ2v) is 7.16. The van der Waals surface area contributed by atoms with Gasteiger partial charge in [0.15, 0.2) is 5.17 Å². The SMILES string of the molecule is Cc1ccc(NC(=O)C[C@@H]2SC(=Nc3ccc(C(=O)[O-])cc3)NC2=O)cc1. The molecule has 0 aromatic heterocycles. The zero-order valence-electron chi connectivity index (χ0n) is 14.4. The molecule has 8 heteroatoms. The second kappa shape index (κ2) is 8.05. The molecule has 2 aromatic carbocycles. The Labute approximate surface area is 159 Å². The fourth-order valence-corrected chi connectivity index (χ4v) is 3.39. The fourth-order valence-electron chi connectivity index (χ4n) is 2.40. The van der Waals surface area contributed by atoms with E-state index in [4.69, 9.17) is 0 Å². The number of nitrogens with zero attached hydrogens (tertiary/aromatic N) is 1. The molecule has 0 aliphatic carbocycles. The number of thioether (sulfide) groups is 1. The number of aliphatic imine (C=N–C) groups is 1. The van der Waals surface area contributed by atoms with Gasteiger partial charge in [-0.3, -0.25) is 9.59 Å². The van der Waals surface area contributed by atoms with Gasteiger partial charge in [0.05, 0.1) is 11.7 Å². The Hall–Kier alpha value is -3.13. The summed E-state index contributed by atoms with van der Waals surface area (Å²) in [7, 11) is 0. The average Bonchev–Trinajstić information content (AvgIpc) is 2.96. The maximum atomic E-state index is 12.2. The molecule has 0 spiro atoms. The lowest BCUT2D eigenvalue weighted by molar-refractivity contribution is -0.255. The smallest absolute Gasteiger partial charge is 0.240 e. The summed E-state index contributed by atoms with van der Waals surface area (Å²) < 4.78 is 0. The van der Waals surface area contributed by atoms with Crippen LogP contribution in [0, 0.1) is 6.92 Å². The number of nitrogens with one attached hydrogen (secondary N) is 2. The molecule has 2 amide bonds. The molecule has 27 heavy (non-hydrogen) atoms. The summed E-state index contributed by atoms with van der Waals surface area (Å²) in [5, 5.41) is 15.9. The van der Waals surface area contributed by atoms with E-state index < -0.39 is 11.2 Å². The van der Waals surface area contributed by atoms with Gasteiger partial charge in [-0.2, -0.15) is 0 Å². The lowest BCUT2D eigenvalue weighted by atomic mass is 10.2. The maximum absolute atomic E-state index is 12.2. The summed E-state index contributed by atoms with van der Waals surface area (Å²) in [5.74, 6) is -1.81. The van der Waals surface area contributed by atoms with Crippen LogP contribution >= 0.6 is 11.8 Å². The first-order valence-electron chi connectivity index (χ1n) is 8.15. The summed E-state index contributed by atoms with van der Waals surface area (Å²) in [6, 6.07) is 13.2. The van der Waals surface area contributed by atoms with Crippen LogP contribution in [0.5, 0.6) is 0 Å². The van der Waals surface area contributed by atoms with Crippen LogP contribution in [0.3, 0.4) is 0 Å². The van der Waals surface area contributed by atoms with Crippen LogP contribution in [0.25, 0.3) is 0 Å². The zero-order chi connectivity index (χ0) is 19.4. The number of amides is 2. The van der Waals surface area contributed by atoms with Gasteiger partial charge in [0.2, 0.25) is 11.8 Å². The van der Waals surface area contributed by atoms with Gasteiger partial charge in [0.1, 0.15) is 5.25 Å². The Morgan fingerprint density at radius 1 is 1.15 bits per heavy atom. The fraction of sp³-hybridized carbons (Fsp3) is 0.158. The van der Waals surface area contributed by atoms with E-state index in [1.54, 1.807) is 12.1 Å². The Morgan fingerprint density at radius 3 is 2.44 bits per heavy atom. The zero-order valence-corrected chi connectivity index (χ0v) is 15.2. The molecule has 3 rings (SSSR count). The highest BCUT2D eigenvalue weighted by molar-refractivity contribution is 8.15. The Morgan fingerprint density at radius 2 is 1.81 bits per heavy atom. The predicted octanol–water partition coefficient (Wildman–Crippen LogP) is 1.61. The van der Waals surface area contributed by atoms with Crippen LogP contribution in [0.1, 0.15) is 22.3 Å². The van der Waals surface area contributed by atoms with Crippen molar-refractivity contribution in [2.75, 3.05) is 5.32 Å². The Bertz CT molecular complexity index is 908. The average molecular weight is 382 g/mol. The van der Waals surface area contributed by atoms with Crippen molar-refractivity contribution >= 4 is 46.1 Å². The third-order valence-corrected chi connectivity index (χ3v) is 4.90. The number of rotatable bonds is 5. The molecule has 1 fully saturated rings. The lowest BCUT2D eigenvalue weighted by Gasteiger charge is -2.07. The Balaban J connectivity index is 1.60. The normalized spacial score (nSPS) is 17.6. The number of benzene rings is 2. The van der Waals surface area contributed by atoms with E-state index in [2.05, 4.69) is 15.6 Å². The van der Waals surface area contributed by atoms with Gasteiger partial charge in [0.25, 0.3) is 0 Å². The summed E-state index contributed by atoms with van der Waals surface area (Å²) in [4.78, 5) is 39.2. The van der Waals surface area contributed by atoms with Crippen molar-refractivity contribution in [2.45, 2.75) is 18.6 Å². The Kier molecular flexibility index (Phi) is 5.56. The van der Waals surface area contributed by atoms with Gasteiger partial charge < -0.3 is 20.5 Å². The van der Waals surface area contributed by atoms with Crippen molar-refractivity contribution in [3.05, 3.63) is 59.7 Å². The molecule has 2 aromatic rings. The highest BCUT2D eigenvalue weighted by Crippen LogP contribution is 2.25. The number of aromatic carboxylic acids is 1. The monoisotopic (exact) mass is 382 g/mol. The van der Waals surface area contributed by atoms with Crippen molar-refractivity contribution in [3.8, 4) is 0 Å². The highest BCUT2D eigenvalue weighted by Gasteiger charge is 2.32. The van der Waals surface area contributed by atoms with Crippen LogP contribution in [-0.4, -0.2) is 28.2 Å². The van der Waals surface area contributed by atoms with Gasteiger partial charge in [-0.15, -0.1) is 0 Å². The number of carboxylic acid groups (broad SMARTS) is 1. The van der Waals surface area contributed by atoms with Gasteiger partial charge in [0, 0.05) is 12.1 Å². The van der Waals surface area contributed by atoms with E-state index in [1.165, 1.54) is 36.0 Å². The van der Waals surface area contributed by atoms with E-state index in [1.807, 2.05) is 19.1 Å². The number of hydrogen-bond donors (Lipinski definition) is 2. The first kappa shape index (κ1) is 18.7. The molecular weight excluding hydrogens is 366 g/mol. The first-order chi connectivity index (χ1) is 12.9. The van der Waals surface area contributed by atoms with Crippen LogP contribution in [-0.2, 0) is 9.59 Å². The molecule has 1 heterocycles. The third-order valence-electron chi connectivity index (χ3n) is 3.82. The molecule has 1 atom stereocenters. The number of carboxylic acids is 1. The lowest BCUT2D eigenvalue weighted by Crippen LogP contribution is -2.28. The third kappa shape index (κ3) is 4.95. The largest absolute Gasteiger partial charge is 0.545 e. The van der Waals surface area contributed by atoms with E-state index in [9.17, 15) is 19.5 Å². The van der Waals surface area contributed by atoms with E-state index in [-0.39, 0.29) is 23.8 Å². The van der Waals surface area contributed by atoms with Crippen molar-refractivity contribution in [2.24, 2.45) is 4.99 Å². The van der Waals surface area contributed by atoms with Crippen LogP contribution in [0.4, 0.5) is 11.4 Å². The van der Waals surface area contributed by atoms with Crippen molar-refractivity contribution in [3.63, 3.8) is 0 Å². The van der Waals surface area contributed by atoms with Gasteiger partial charge in [-0.05, 0) is 36.8 Å². The molecule has 138 valence electrons. The van der Waals surface area contributed by atoms with Crippen LogP contribution < -0.4 is 15.7 Å². The standard InChI is InChI=1S/C19H17N3O4S/c1-11-2-6-13(7-3-11)20-16(23)10-15-17(24)22-19(27-15)21-14-8-4-12(5-9-14)18(25)26/h2-9,15H,10H2,1H3,(H,20,23)(H,25,26)(H,21,22,24)/p-1/t15-/m0/s1.